The van der Waals surface area contributed by atoms with E-state index in [1.807, 2.05) is 48.5 Å². The van der Waals surface area contributed by atoms with E-state index in [0.717, 1.165) is 21.2 Å². The molecule has 0 N–H and O–H groups in total. The monoisotopic (exact) mass is 348 g/mol. The summed E-state index contributed by atoms with van der Waals surface area (Å²) in [7, 11) is 1.40. The van der Waals surface area contributed by atoms with Gasteiger partial charge in [-0.3, -0.25) is 4.79 Å². The van der Waals surface area contributed by atoms with Crippen molar-refractivity contribution < 1.29 is 14.3 Å². The summed E-state index contributed by atoms with van der Waals surface area (Å²) in [6.07, 6.45) is 0.271. The van der Waals surface area contributed by atoms with Gasteiger partial charge < -0.3 is 9.47 Å². The highest BCUT2D eigenvalue weighted by atomic mass is 79.9. The molecule has 2 aromatic carbocycles. The van der Waals surface area contributed by atoms with E-state index < -0.39 is 0 Å². The summed E-state index contributed by atoms with van der Waals surface area (Å²) in [6.45, 7) is 1.01. The number of benzene rings is 2. The molecule has 0 saturated heterocycles. The molecule has 2 rings (SSSR count). The molecule has 0 bridgehead atoms. The Balaban J connectivity index is 1.95. The molecule has 0 amide bonds. The zero-order valence-electron chi connectivity index (χ0n) is 11.8. The molecule has 4 heteroatoms. The first-order chi connectivity index (χ1) is 10.2. The van der Waals surface area contributed by atoms with Gasteiger partial charge in [0.2, 0.25) is 0 Å². The van der Waals surface area contributed by atoms with E-state index in [1.54, 1.807) is 0 Å². The van der Waals surface area contributed by atoms with Crippen molar-refractivity contribution in [2.45, 2.75) is 19.6 Å². The van der Waals surface area contributed by atoms with Gasteiger partial charge in [-0.1, -0.05) is 52.3 Å². The van der Waals surface area contributed by atoms with Gasteiger partial charge in [-0.05, 0) is 28.8 Å². The van der Waals surface area contributed by atoms with Gasteiger partial charge in [0.1, 0.15) is 0 Å². The summed E-state index contributed by atoms with van der Waals surface area (Å²) in [5.74, 6) is -0.241. The number of hydrogen-bond acceptors (Lipinski definition) is 3. The Labute approximate surface area is 133 Å². The number of hydrogen-bond donors (Lipinski definition) is 0. The number of carbonyl (C=O) groups excluding carboxylic acids is 1. The first-order valence-corrected chi connectivity index (χ1v) is 7.44. The van der Waals surface area contributed by atoms with Crippen LogP contribution in [0, 0.1) is 0 Å². The summed E-state index contributed by atoms with van der Waals surface area (Å²) in [4.78, 5) is 11.4. The van der Waals surface area contributed by atoms with Gasteiger partial charge in [-0.25, -0.2) is 0 Å². The van der Waals surface area contributed by atoms with E-state index in [4.69, 9.17) is 9.47 Å². The highest BCUT2D eigenvalue weighted by Crippen LogP contribution is 2.15. The molecular formula is C17H17BrO3. The Hall–Kier alpha value is -1.65. The largest absolute Gasteiger partial charge is 0.469 e. The highest BCUT2D eigenvalue weighted by Gasteiger charge is 2.07. The van der Waals surface area contributed by atoms with Gasteiger partial charge in [0.05, 0.1) is 26.7 Å². The van der Waals surface area contributed by atoms with Crippen molar-refractivity contribution in [1.82, 2.24) is 0 Å². The normalized spacial score (nSPS) is 10.4. The smallest absolute Gasteiger partial charge is 0.309 e. The molecule has 0 fully saturated rings. The summed E-state index contributed by atoms with van der Waals surface area (Å²) in [5, 5.41) is 0. The van der Waals surface area contributed by atoms with Gasteiger partial charge in [0.15, 0.2) is 0 Å². The van der Waals surface area contributed by atoms with Crippen molar-refractivity contribution in [3.05, 3.63) is 69.7 Å². The molecule has 0 aliphatic rings. The van der Waals surface area contributed by atoms with Crippen LogP contribution in [0.2, 0.25) is 0 Å². The summed E-state index contributed by atoms with van der Waals surface area (Å²) in [5.41, 5.74) is 3.06. The molecular weight excluding hydrogens is 332 g/mol. The highest BCUT2D eigenvalue weighted by molar-refractivity contribution is 9.10. The van der Waals surface area contributed by atoms with Crippen LogP contribution in [0.25, 0.3) is 0 Å². The number of carbonyl (C=O) groups is 1. The topological polar surface area (TPSA) is 35.5 Å². The molecule has 110 valence electrons. The van der Waals surface area contributed by atoms with Gasteiger partial charge >= 0.3 is 5.97 Å². The fourth-order valence-corrected chi connectivity index (χ4v) is 2.45. The van der Waals surface area contributed by atoms with E-state index >= 15 is 0 Å². The Morgan fingerprint density at radius 2 is 1.81 bits per heavy atom. The van der Waals surface area contributed by atoms with Gasteiger partial charge in [0.25, 0.3) is 0 Å². The first-order valence-electron chi connectivity index (χ1n) is 6.65. The van der Waals surface area contributed by atoms with Crippen LogP contribution in [0.4, 0.5) is 0 Å². The van der Waals surface area contributed by atoms with E-state index in [9.17, 15) is 4.79 Å². The minimum absolute atomic E-state index is 0.241. The van der Waals surface area contributed by atoms with E-state index in [2.05, 4.69) is 15.9 Å². The fourth-order valence-electron chi connectivity index (χ4n) is 2.00. The van der Waals surface area contributed by atoms with Crippen molar-refractivity contribution in [1.29, 1.82) is 0 Å². The van der Waals surface area contributed by atoms with Crippen LogP contribution < -0.4 is 0 Å². The maximum atomic E-state index is 11.4. The maximum Gasteiger partial charge on any atom is 0.309 e. The van der Waals surface area contributed by atoms with Crippen LogP contribution in [0.5, 0.6) is 0 Å². The van der Waals surface area contributed by atoms with Gasteiger partial charge in [0, 0.05) is 4.47 Å². The lowest BCUT2D eigenvalue weighted by atomic mass is 10.1. The standard InChI is InChI=1S/C17H17BrO3/c1-20-17(19)10-14-6-2-3-7-15(14)12-21-11-13-5-4-8-16(18)9-13/h2-9H,10-12H2,1H3. The van der Waals surface area contributed by atoms with Crippen molar-refractivity contribution >= 4 is 21.9 Å². The first kappa shape index (κ1) is 15.7. The van der Waals surface area contributed by atoms with Crippen molar-refractivity contribution in [2.24, 2.45) is 0 Å². The molecule has 0 heterocycles. The third-order valence-electron chi connectivity index (χ3n) is 3.10. The number of rotatable bonds is 6. The molecule has 0 aliphatic carbocycles. The predicted molar refractivity (Wildman–Crippen MR) is 84.8 cm³/mol. The minimum Gasteiger partial charge on any atom is -0.469 e. The minimum atomic E-state index is -0.241. The Bertz CT molecular complexity index is 610. The van der Waals surface area contributed by atoms with Gasteiger partial charge in [-0.15, -0.1) is 0 Å². The molecule has 0 saturated carbocycles. The summed E-state index contributed by atoms with van der Waals surface area (Å²) in [6, 6.07) is 15.8. The molecule has 21 heavy (non-hydrogen) atoms. The van der Waals surface area contributed by atoms with E-state index in [-0.39, 0.29) is 12.4 Å². The summed E-state index contributed by atoms with van der Waals surface area (Å²) >= 11 is 3.44. The molecule has 0 unspecified atom stereocenters. The lowest BCUT2D eigenvalue weighted by Crippen LogP contribution is -2.07. The summed E-state index contributed by atoms with van der Waals surface area (Å²) < 4.78 is 11.5. The molecule has 0 atom stereocenters. The molecule has 0 aliphatic heterocycles. The third-order valence-corrected chi connectivity index (χ3v) is 3.59. The number of halogens is 1. The SMILES string of the molecule is COC(=O)Cc1ccccc1COCc1cccc(Br)c1. The van der Waals surface area contributed by atoms with E-state index in [1.165, 1.54) is 7.11 Å². The molecule has 2 aromatic rings. The number of esters is 1. The average Bonchev–Trinajstić information content (AvgIpc) is 2.49. The molecule has 0 spiro atoms. The van der Waals surface area contributed by atoms with Crippen LogP contribution in [0.3, 0.4) is 0 Å². The third kappa shape index (κ3) is 4.99. The quantitative estimate of drug-likeness (QED) is 0.743. The lowest BCUT2D eigenvalue weighted by molar-refractivity contribution is -0.139. The van der Waals surface area contributed by atoms with Crippen LogP contribution >= 0.6 is 15.9 Å². The van der Waals surface area contributed by atoms with Gasteiger partial charge in [-0.2, -0.15) is 0 Å². The molecule has 3 nitrogen and oxygen atoms in total. The Morgan fingerprint density at radius 3 is 2.52 bits per heavy atom. The second-order valence-electron chi connectivity index (χ2n) is 4.64. The zero-order valence-corrected chi connectivity index (χ0v) is 13.4. The van der Waals surface area contributed by atoms with Crippen LogP contribution in [0.1, 0.15) is 16.7 Å². The molecule has 0 radical (unpaired) electrons. The Kier molecular flexibility index (Phi) is 5.96. The van der Waals surface area contributed by atoms with Crippen molar-refractivity contribution in [3.63, 3.8) is 0 Å². The second-order valence-corrected chi connectivity index (χ2v) is 5.56. The predicted octanol–water partition coefficient (Wildman–Crippen LogP) is 3.88. The average molecular weight is 349 g/mol. The van der Waals surface area contributed by atoms with Crippen molar-refractivity contribution in [2.75, 3.05) is 7.11 Å². The molecule has 0 aromatic heterocycles. The number of ether oxygens (including phenoxy) is 2. The fraction of sp³-hybridized carbons (Fsp3) is 0.235. The van der Waals surface area contributed by atoms with Crippen molar-refractivity contribution in [3.8, 4) is 0 Å². The van der Waals surface area contributed by atoms with Crippen LogP contribution in [0.15, 0.2) is 53.0 Å². The van der Waals surface area contributed by atoms with Crippen LogP contribution in [-0.4, -0.2) is 13.1 Å². The Morgan fingerprint density at radius 1 is 1.05 bits per heavy atom. The van der Waals surface area contributed by atoms with E-state index in [0.29, 0.717) is 13.2 Å². The zero-order chi connectivity index (χ0) is 15.1. The lowest BCUT2D eigenvalue weighted by Gasteiger charge is -2.09. The maximum absolute atomic E-state index is 11.4. The second kappa shape index (κ2) is 7.96. The van der Waals surface area contributed by atoms with Crippen LogP contribution in [-0.2, 0) is 33.9 Å². The number of methoxy groups -OCH3 is 1.